The lowest BCUT2D eigenvalue weighted by molar-refractivity contribution is -0.120. The Kier molecular flexibility index (Phi) is 6.31. The average Bonchev–Trinajstić information content (AvgIpc) is 2.96. The van der Waals surface area contributed by atoms with Crippen LogP contribution in [0.3, 0.4) is 0 Å². The molecule has 0 radical (unpaired) electrons. The van der Waals surface area contributed by atoms with E-state index in [9.17, 15) is 9.18 Å². The summed E-state index contributed by atoms with van der Waals surface area (Å²) in [5, 5.41) is 11.4. The van der Waals surface area contributed by atoms with Crippen molar-refractivity contribution in [2.75, 3.05) is 6.54 Å². The average molecular weight is 346 g/mol. The summed E-state index contributed by atoms with van der Waals surface area (Å²) in [4.78, 5) is 12.0. The largest absolute Gasteiger partial charge is 0.352 e. The van der Waals surface area contributed by atoms with Gasteiger partial charge in [0.15, 0.2) is 11.0 Å². The molecule has 0 saturated carbocycles. The first kappa shape index (κ1) is 17.9. The minimum Gasteiger partial charge on any atom is -0.352 e. The SMILES string of the molecule is C=CCNC(=O)[C@@H](C)Sc1nnc(-c2ccc(F)cc2)n1CC=C. The number of benzene rings is 1. The molecule has 1 aromatic carbocycles. The summed E-state index contributed by atoms with van der Waals surface area (Å²) < 4.78 is 15.0. The molecule has 2 aromatic rings. The molecule has 1 heterocycles. The summed E-state index contributed by atoms with van der Waals surface area (Å²) in [6.45, 7) is 10.0. The van der Waals surface area contributed by atoms with Gasteiger partial charge in [-0.3, -0.25) is 9.36 Å². The molecule has 0 fully saturated rings. The van der Waals surface area contributed by atoms with Gasteiger partial charge in [-0.2, -0.15) is 0 Å². The van der Waals surface area contributed by atoms with Crippen molar-refractivity contribution in [1.29, 1.82) is 0 Å². The Morgan fingerprint density at radius 1 is 1.33 bits per heavy atom. The van der Waals surface area contributed by atoms with Crippen LogP contribution < -0.4 is 5.32 Å². The van der Waals surface area contributed by atoms with Gasteiger partial charge in [-0.25, -0.2) is 4.39 Å². The Hall–Kier alpha value is -2.41. The van der Waals surface area contributed by atoms with Crippen LogP contribution in [-0.4, -0.2) is 32.5 Å². The van der Waals surface area contributed by atoms with E-state index in [0.29, 0.717) is 24.1 Å². The maximum Gasteiger partial charge on any atom is 0.233 e. The highest BCUT2D eigenvalue weighted by Crippen LogP contribution is 2.27. The quantitative estimate of drug-likeness (QED) is 0.589. The zero-order chi connectivity index (χ0) is 17.5. The van der Waals surface area contributed by atoms with E-state index in [1.807, 2.05) is 4.57 Å². The van der Waals surface area contributed by atoms with Crippen LogP contribution in [0.5, 0.6) is 0 Å². The standard InChI is InChI=1S/C17H19FN4OS/c1-4-10-19-16(23)12(3)24-17-21-20-15(22(17)11-5-2)13-6-8-14(18)9-7-13/h4-9,12H,1-2,10-11H2,3H3,(H,19,23)/t12-/m1/s1. The van der Waals surface area contributed by atoms with Crippen molar-refractivity contribution < 1.29 is 9.18 Å². The second-order valence-electron chi connectivity index (χ2n) is 5.01. The molecule has 0 aliphatic carbocycles. The number of allylic oxidation sites excluding steroid dienone is 1. The highest BCUT2D eigenvalue weighted by molar-refractivity contribution is 8.00. The van der Waals surface area contributed by atoms with Crippen LogP contribution in [0.4, 0.5) is 4.39 Å². The molecule has 1 aromatic heterocycles. The lowest BCUT2D eigenvalue weighted by Gasteiger charge is -2.12. The number of amides is 1. The highest BCUT2D eigenvalue weighted by Gasteiger charge is 2.20. The van der Waals surface area contributed by atoms with Gasteiger partial charge in [-0.15, -0.1) is 23.4 Å². The summed E-state index contributed by atoms with van der Waals surface area (Å²) in [6, 6.07) is 6.04. The normalized spacial score (nSPS) is 11.8. The molecule has 0 aliphatic rings. The molecule has 2 rings (SSSR count). The van der Waals surface area contributed by atoms with E-state index in [-0.39, 0.29) is 17.0 Å². The molecule has 1 N–H and O–H groups in total. The molecule has 0 spiro atoms. The fraction of sp³-hybridized carbons (Fsp3) is 0.235. The number of halogens is 1. The van der Waals surface area contributed by atoms with Gasteiger partial charge in [0.05, 0.1) is 5.25 Å². The smallest absolute Gasteiger partial charge is 0.233 e. The van der Waals surface area contributed by atoms with E-state index in [4.69, 9.17) is 0 Å². The molecule has 0 unspecified atom stereocenters. The van der Waals surface area contributed by atoms with Crippen LogP contribution in [0.25, 0.3) is 11.4 Å². The number of hydrogen-bond donors (Lipinski definition) is 1. The van der Waals surface area contributed by atoms with Gasteiger partial charge in [0.1, 0.15) is 5.82 Å². The number of rotatable bonds is 8. The topological polar surface area (TPSA) is 59.8 Å². The first-order chi connectivity index (χ1) is 11.6. The van der Waals surface area contributed by atoms with Gasteiger partial charge >= 0.3 is 0 Å². The van der Waals surface area contributed by atoms with Crippen molar-refractivity contribution in [1.82, 2.24) is 20.1 Å². The van der Waals surface area contributed by atoms with E-state index in [1.165, 1.54) is 23.9 Å². The molecule has 24 heavy (non-hydrogen) atoms. The Balaban J connectivity index is 2.24. The highest BCUT2D eigenvalue weighted by atomic mass is 32.2. The van der Waals surface area contributed by atoms with Crippen LogP contribution in [-0.2, 0) is 11.3 Å². The zero-order valence-electron chi connectivity index (χ0n) is 13.4. The number of thioether (sulfide) groups is 1. The second kappa shape index (κ2) is 8.44. The van der Waals surface area contributed by atoms with Gasteiger partial charge in [-0.05, 0) is 31.2 Å². The van der Waals surface area contributed by atoms with E-state index in [2.05, 4.69) is 28.7 Å². The lowest BCUT2D eigenvalue weighted by Crippen LogP contribution is -2.31. The van der Waals surface area contributed by atoms with Gasteiger partial charge in [0, 0.05) is 18.7 Å². The van der Waals surface area contributed by atoms with Gasteiger partial charge < -0.3 is 5.32 Å². The lowest BCUT2D eigenvalue weighted by atomic mass is 10.2. The van der Waals surface area contributed by atoms with E-state index in [1.54, 1.807) is 31.2 Å². The summed E-state index contributed by atoms with van der Waals surface area (Å²) in [5.41, 5.74) is 0.751. The molecular formula is C17H19FN4OS. The molecule has 0 bridgehead atoms. The van der Waals surface area contributed by atoms with Crippen molar-refractivity contribution >= 4 is 17.7 Å². The number of nitrogens with zero attached hydrogens (tertiary/aromatic N) is 3. The Labute approximate surface area is 144 Å². The summed E-state index contributed by atoms with van der Waals surface area (Å²) >= 11 is 1.31. The molecule has 1 atom stereocenters. The Morgan fingerprint density at radius 3 is 2.67 bits per heavy atom. The van der Waals surface area contributed by atoms with Crippen LogP contribution in [0, 0.1) is 5.82 Å². The Bertz CT molecular complexity index is 727. The molecule has 126 valence electrons. The third kappa shape index (κ3) is 4.32. The molecule has 1 amide bonds. The Morgan fingerprint density at radius 2 is 2.04 bits per heavy atom. The molecule has 0 saturated heterocycles. The van der Waals surface area contributed by atoms with Gasteiger partial charge in [0.25, 0.3) is 0 Å². The van der Waals surface area contributed by atoms with Crippen LogP contribution in [0.15, 0.2) is 54.7 Å². The van der Waals surface area contributed by atoms with Crippen LogP contribution >= 0.6 is 11.8 Å². The van der Waals surface area contributed by atoms with Crippen molar-refractivity contribution in [3.05, 3.63) is 55.4 Å². The fourth-order valence-corrected chi connectivity index (χ4v) is 2.89. The van der Waals surface area contributed by atoms with E-state index < -0.39 is 0 Å². The van der Waals surface area contributed by atoms with Crippen LogP contribution in [0.1, 0.15) is 6.92 Å². The first-order valence-electron chi connectivity index (χ1n) is 7.42. The zero-order valence-corrected chi connectivity index (χ0v) is 14.2. The van der Waals surface area contributed by atoms with Gasteiger partial charge in [0.2, 0.25) is 5.91 Å². The van der Waals surface area contributed by atoms with Gasteiger partial charge in [-0.1, -0.05) is 23.9 Å². The number of carbonyl (C=O) groups is 1. The molecule has 0 aliphatic heterocycles. The predicted octanol–water partition coefficient (Wildman–Crippen LogP) is 3.05. The fourth-order valence-electron chi connectivity index (χ4n) is 2.01. The summed E-state index contributed by atoms with van der Waals surface area (Å²) in [7, 11) is 0. The van der Waals surface area contributed by atoms with Crippen LogP contribution in [0.2, 0.25) is 0 Å². The monoisotopic (exact) mass is 346 g/mol. The maximum atomic E-state index is 13.1. The minimum atomic E-state index is -0.334. The molecule has 7 heteroatoms. The number of carbonyl (C=O) groups excluding carboxylic acids is 1. The molecule has 5 nitrogen and oxygen atoms in total. The van der Waals surface area contributed by atoms with E-state index in [0.717, 1.165) is 5.56 Å². The number of aromatic nitrogens is 3. The van der Waals surface area contributed by atoms with Crippen molar-refractivity contribution in [3.63, 3.8) is 0 Å². The van der Waals surface area contributed by atoms with Crippen molar-refractivity contribution in [2.24, 2.45) is 0 Å². The van der Waals surface area contributed by atoms with Crippen molar-refractivity contribution in [2.45, 2.75) is 23.9 Å². The number of hydrogen-bond acceptors (Lipinski definition) is 4. The first-order valence-corrected chi connectivity index (χ1v) is 8.30. The minimum absolute atomic E-state index is 0.101. The second-order valence-corrected chi connectivity index (χ2v) is 6.31. The maximum absolute atomic E-state index is 13.1. The van der Waals surface area contributed by atoms with Crippen molar-refractivity contribution in [3.8, 4) is 11.4 Å². The number of nitrogens with one attached hydrogen (secondary N) is 1. The third-order valence-corrected chi connectivity index (χ3v) is 4.28. The third-order valence-electron chi connectivity index (χ3n) is 3.20. The molecular weight excluding hydrogens is 327 g/mol. The summed E-state index contributed by atoms with van der Waals surface area (Å²) in [5.74, 6) is 0.197. The summed E-state index contributed by atoms with van der Waals surface area (Å²) in [6.07, 6.45) is 3.35. The predicted molar refractivity (Wildman–Crippen MR) is 94.1 cm³/mol. The van der Waals surface area contributed by atoms with E-state index >= 15 is 0 Å².